The molecule has 1 unspecified atom stereocenters. The molecule has 0 saturated heterocycles. The quantitative estimate of drug-likeness (QED) is 0.551. The van der Waals surface area contributed by atoms with E-state index in [1.165, 1.54) is 21.2 Å². The van der Waals surface area contributed by atoms with Gasteiger partial charge in [-0.3, -0.25) is 19.1 Å². The van der Waals surface area contributed by atoms with Crippen LogP contribution in [-0.2, 0) is 24.3 Å². The number of carbonyl (C=O) groups excluding carboxylic acids is 3. The van der Waals surface area contributed by atoms with Crippen molar-refractivity contribution in [2.75, 3.05) is 13.6 Å². The number of likely N-dealkylation sites (N-methyl/N-ethyl adjacent to an activating group) is 1. The van der Waals surface area contributed by atoms with Gasteiger partial charge in [-0.1, -0.05) is 59.7 Å². The lowest BCUT2D eigenvalue weighted by Crippen LogP contribution is -2.62. The van der Waals surface area contributed by atoms with Crippen LogP contribution in [0.15, 0.2) is 54.6 Å². The molecule has 0 aliphatic carbocycles. The van der Waals surface area contributed by atoms with E-state index >= 15 is 0 Å². The fraction of sp³-hybridized carbons (Fsp3) is 0.333. The second-order valence-corrected chi connectivity index (χ2v) is 9.37. The summed E-state index contributed by atoms with van der Waals surface area (Å²) in [4.78, 5) is 40.3. The van der Waals surface area contributed by atoms with Crippen LogP contribution in [0.5, 0.6) is 0 Å². The molecule has 0 bridgehead atoms. The van der Waals surface area contributed by atoms with E-state index in [9.17, 15) is 14.4 Å². The third-order valence-electron chi connectivity index (χ3n) is 6.58. The molecule has 1 aromatic heterocycles. The number of aryl methyl sites for hydroxylation is 2. The van der Waals surface area contributed by atoms with E-state index < -0.39 is 5.54 Å². The molecule has 1 aliphatic rings. The Morgan fingerprint density at radius 2 is 1.74 bits per heavy atom. The van der Waals surface area contributed by atoms with Crippen molar-refractivity contribution in [3.05, 3.63) is 88.2 Å². The van der Waals surface area contributed by atoms with Crippen molar-refractivity contribution in [1.82, 2.24) is 25.3 Å². The molecule has 3 amide bonds. The van der Waals surface area contributed by atoms with Gasteiger partial charge in [-0.25, -0.2) is 0 Å². The number of amides is 3. The van der Waals surface area contributed by atoms with Crippen LogP contribution in [-0.4, -0.2) is 51.5 Å². The van der Waals surface area contributed by atoms with Crippen molar-refractivity contribution in [1.29, 1.82) is 0 Å². The summed E-state index contributed by atoms with van der Waals surface area (Å²) in [5.74, 6) is -0.977. The van der Waals surface area contributed by atoms with Crippen LogP contribution in [0.2, 0.25) is 0 Å². The van der Waals surface area contributed by atoms with Crippen molar-refractivity contribution in [3.63, 3.8) is 0 Å². The van der Waals surface area contributed by atoms with Gasteiger partial charge in [-0.15, -0.1) is 0 Å². The average Bonchev–Trinajstić information content (AvgIpc) is 3.26. The molecule has 3 aromatic rings. The lowest BCUT2D eigenvalue weighted by molar-refractivity contribution is -0.132. The van der Waals surface area contributed by atoms with Crippen molar-refractivity contribution in [3.8, 4) is 0 Å². The monoisotopic (exact) mass is 473 g/mol. The first-order chi connectivity index (χ1) is 16.7. The van der Waals surface area contributed by atoms with Crippen molar-refractivity contribution < 1.29 is 14.4 Å². The number of hydrogen-bond donors (Lipinski definition) is 2. The van der Waals surface area contributed by atoms with Gasteiger partial charge >= 0.3 is 0 Å². The van der Waals surface area contributed by atoms with Crippen LogP contribution in [0.25, 0.3) is 0 Å². The fourth-order valence-electron chi connectivity index (χ4n) is 4.20. The standard InChI is InChI=1S/C27H31N5O3/c1-18-8-10-21(11-9-18)16-29-26(35)27(3)17-32-23(25(34)31(27)4)15-22(30-32)24(33)28-13-12-20-7-5-6-19(2)14-20/h5-11,14-15H,12-13,16-17H2,1-4H3,(H,28,33)(H,29,35). The van der Waals surface area contributed by atoms with Gasteiger partial charge in [0.1, 0.15) is 11.2 Å². The van der Waals surface area contributed by atoms with E-state index in [4.69, 9.17) is 0 Å². The minimum Gasteiger partial charge on any atom is -0.350 e. The predicted molar refractivity (Wildman–Crippen MR) is 133 cm³/mol. The summed E-state index contributed by atoms with van der Waals surface area (Å²) in [7, 11) is 1.60. The number of rotatable bonds is 7. The smallest absolute Gasteiger partial charge is 0.272 e. The van der Waals surface area contributed by atoms with Crippen LogP contribution in [0, 0.1) is 13.8 Å². The van der Waals surface area contributed by atoms with Crippen molar-refractivity contribution >= 4 is 17.7 Å². The maximum Gasteiger partial charge on any atom is 0.272 e. The van der Waals surface area contributed by atoms with Gasteiger partial charge in [0.15, 0.2) is 5.69 Å². The van der Waals surface area contributed by atoms with Gasteiger partial charge in [0, 0.05) is 26.2 Å². The molecule has 8 nitrogen and oxygen atoms in total. The normalized spacial score (nSPS) is 17.1. The number of carbonyl (C=O) groups is 3. The Kier molecular flexibility index (Phi) is 6.73. The zero-order chi connectivity index (χ0) is 25.2. The van der Waals surface area contributed by atoms with Crippen LogP contribution in [0.4, 0.5) is 0 Å². The molecule has 4 rings (SSSR count). The van der Waals surface area contributed by atoms with E-state index in [1.807, 2.05) is 56.3 Å². The first-order valence-corrected chi connectivity index (χ1v) is 11.7. The molecule has 2 N–H and O–H groups in total. The zero-order valence-corrected chi connectivity index (χ0v) is 20.6. The Labute approximate surface area is 205 Å². The minimum atomic E-state index is -1.14. The highest BCUT2D eigenvalue weighted by molar-refractivity contribution is 6.01. The highest BCUT2D eigenvalue weighted by Crippen LogP contribution is 2.26. The van der Waals surface area contributed by atoms with Gasteiger partial charge in [-0.2, -0.15) is 5.10 Å². The van der Waals surface area contributed by atoms with Crippen LogP contribution in [0.3, 0.4) is 0 Å². The van der Waals surface area contributed by atoms with Crippen LogP contribution in [0.1, 0.15) is 50.2 Å². The van der Waals surface area contributed by atoms with E-state index in [0.29, 0.717) is 25.2 Å². The molecule has 1 atom stereocenters. The number of aromatic nitrogens is 2. The van der Waals surface area contributed by atoms with E-state index in [0.717, 1.165) is 16.7 Å². The Balaban J connectivity index is 1.42. The highest BCUT2D eigenvalue weighted by atomic mass is 16.2. The highest BCUT2D eigenvalue weighted by Gasteiger charge is 2.46. The molecular weight excluding hydrogens is 442 g/mol. The fourth-order valence-corrected chi connectivity index (χ4v) is 4.20. The lowest BCUT2D eigenvalue weighted by atomic mass is 9.95. The van der Waals surface area contributed by atoms with Gasteiger partial charge in [0.2, 0.25) is 5.91 Å². The summed E-state index contributed by atoms with van der Waals surface area (Å²) in [5.41, 5.74) is 3.74. The molecule has 182 valence electrons. The third kappa shape index (κ3) is 5.11. The molecule has 0 fully saturated rings. The van der Waals surface area contributed by atoms with Gasteiger partial charge in [0.25, 0.3) is 11.8 Å². The van der Waals surface area contributed by atoms with E-state index in [1.54, 1.807) is 14.0 Å². The summed E-state index contributed by atoms with van der Waals surface area (Å²) in [6, 6.07) is 17.5. The summed E-state index contributed by atoms with van der Waals surface area (Å²) in [6.45, 7) is 6.71. The predicted octanol–water partition coefficient (Wildman–Crippen LogP) is 2.63. The Bertz CT molecular complexity index is 1260. The summed E-state index contributed by atoms with van der Waals surface area (Å²) in [5, 5.41) is 10.2. The van der Waals surface area contributed by atoms with Crippen LogP contribution >= 0.6 is 0 Å². The zero-order valence-electron chi connectivity index (χ0n) is 20.6. The molecule has 2 heterocycles. The van der Waals surface area contributed by atoms with Gasteiger partial charge in [0.05, 0.1) is 6.54 Å². The largest absolute Gasteiger partial charge is 0.350 e. The van der Waals surface area contributed by atoms with Crippen molar-refractivity contribution in [2.45, 2.75) is 45.8 Å². The first-order valence-electron chi connectivity index (χ1n) is 11.7. The number of nitrogens with one attached hydrogen (secondary N) is 2. The molecule has 1 aliphatic heterocycles. The number of benzene rings is 2. The molecule has 35 heavy (non-hydrogen) atoms. The Morgan fingerprint density at radius 1 is 1.00 bits per heavy atom. The summed E-state index contributed by atoms with van der Waals surface area (Å²) >= 11 is 0. The lowest BCUT2D eigenvalue weighted by Gasteiger charge is -2.40. The first kappa shape index (κ1) is 24.2. The SMILES string of the molecule is Cc1ccc(CNC(=O)C2(C)Cn3nc(C(=O)NCCc4cccc(C)c4)cc3C(=O)N2C)cc1. The van der Waals surface area contributed by atoms with Crippen LogP contribution < -0.4 is 10.6 Å². The minimum absolute atomic E-state index is 0.154. The second kappa shape index (κ2) is 9.74. The number of fused-ring (bicyclic) bond motifs is 1. The summed E-state index contributed by atoms with van der Waals surface area (Å²) in [6.07, 6.45) is 0.696. The molecule has 8 heteroatoms. The average molecular weight is 474 g/mol. The maximum absolute atomic E-state index is 13.1. The van der Waals surface area contributed by atoms with Crippen molar-refractivity contribution in [2.24, 2.45) is 0 Å². The number of hydrogen-bond acceptors (Lipinski definition) is 4. The molecule has 0 spiro atoms. The van der Waals surface area contributed by atoms with Gasteiger partial charge in [-0.05, 0) is 38.3 Å². The second-order valence-electron chi connectivity index (χ2n) is 9.37. The molecule has 0 saturated carbocycles. The van der Waals surface area contributed by atoms with E-state index in [-0.39, 0.29) is 30.0 Å². The number of nitrogens with zero attached hydrogens (tertiary/aromatic N) is 3. The topological polar surface area (TPSA) is 96.3 Å². The molecule has 2 aromatic carbocycles. The van der Waals surface area contributed by atoms with E-state index in [2.05, 4.69) is 21.8 Å². The third-order valence-corrected chi connectivity index (χ3v) is 6.58. The Hall–Kier alpha value is -3.94. The maximum atomic E-state index is 13.1. The molecule has 0 radical (unpaired) electrons. The summed E-state index contributed by atoms with van der Waals surface area (Å²) < 4.78 is 1.46. The molecular formula is C27H31N5O3. The van der Waals surface area contributed by atoms with Gasteiger partial charge < -0.3 is 15.5 Å². The Morgan fingerprint density at radius 3 is 2.46 bits per heavy atom.